The summed E-state index contributed by atoms with van der Waals surface area (Å²) in [4.78, 5) is 16.8. The molecule has 0 unspecified atom stereocenters. The average molecular weight is 328 g/mol. The summed E-state index contributed by atoms with van der Waals surface area (Å²) in [5.41, 5.74) is 1.92. The molecule has 5 heteroatoms. The SMILES string of the molecule is C=CCNC(=NCc1cccc(NC(=O)C2CCCC2)c1)NCC. The number of nitrogens with zero attached hydrogens (tertiary/aromatic N) is 1. The van der Waals surface area contributed by atoms with Crippen molar-refractivity contribution in [2.45, 2.75) is 39.2 Å². The fourth-order valence-corrected chi connectivity index (χ4v) is 2.86. The van der Waals surface area contributed by atoms with E-state index in [0.717, 1.165) is 49.4 Å². The topological polar surface area (TPSA) is 65.5 Å². The van der Waals surface area contributed by atoms with Crippen LogP contribution in [0.3, 0.4) is 0 Å². The molecule has 0 bridgehead atoms. The molecule has 1 fully saturated rings. The van der Waals surface area contributed by atoms with Gasteiger partial charge in [0.1, 0.15) is 0 Å². The number of carbonyl (C=O) groups excluding carboxylic acids is 1. The summed E-state index contributed by atoms with van der Waals surface area (Å²) in [6.45, 7) is 7.76. The zero-order valence-corrected chi connectivity index (χ0v) is 14.5. The van der Waals surface area contributed by atoms with Crippen LogP contribution in [0.25, 0.3) is 0 Å². The van der Waals surface area contributed by atoms with Gasteiger partial charge in [0.25, 0.3) is 0 Å². The van der Waals surface area contributed by atoms with Crippen LogP contribution in [0, 0.1) is 5.92 Å². The number of guanidine groups is 1. The molecule has 0 aromatic heterocycles. The van der Waals surface area contributed by atoms with Gasteiger partial charge in [0.2, 0.25) is 5.91 Å². The van der Waals surface area contributed by atoms with Crippen LogP contribution in [0.2, 0.25) is 0 Å². The van der Waals surface area contributed by atoms with Crippen LogP contribution in [0.15, 0.2) is 41.9 Å². The van der Waals surface area contributed by atoms with Crippen molar-refractivity contribution in [3.8, 4) is 0 Å². The highest BCUT2D eigenvalue weighted by atomic mass is 16.1. The highest BCUT2D eigenvalue weighted by molar-refractivity contribution is 5.92. The first kappa shape index (κ1) is 18.0. The molecule has 1 saturated carbocycles. The summed E-state index contributed by atoms with van der Waals surface area (Å²) in [5, 5.41) is 9.41. The van der Waals surface area contributed by atoms with Crippen LogP contribution in [0.5, 0.6) is 0 Å². The smallest absolute Gasteiger partial charge is 0.227 e. The van der Waals surface area contributed by atoms with Gasteiger partial charge in [0, 0.05) is 24.7 Å². The van der Waals surface area contributed by atoms with Crippen molar-refractivity contribution in [2.75, 3.05) is 18.4 Å². The van der Waals surface area contributed by atoms with E-state index in [-0.39, 0.29) is 11.8 Å². The molecule has 5 nitrogen and oxygen atoms in total. The first-order valence-corrected chi connectivity index (χ1v) is 8.75. The van der Waals surface area contributed by atoms with Crippen LogP contribution < -0.4 is 16.0 Å². The highest BCUT2D eigenvalue weighted by Crippen LogP contribution is 2.26. The van der Waals surface area contributed by atoms with Crippen LogP contribution in [-0.2, 0) is 11.3 Å². The zero-order chi connectivity index (χ0) is 17.2. The van der Waals surface area contributed by atoms with E-state index in [1.54, 1.807) is 6.08 Å². The Bertz CT molecular complexity index is 576. The van der Waals surface area contributed by atoms with Crippen molar-refractivity contribution in [1.82, 2.24) is 10.6 Å². The Balaban J connectivity index is 1.95. The molecule has 3 N–H and O–H groups in total. The van der Waals surface area contributed by atoms with Gasteiger partial charge in [-0.2, -0.15) is 0 Å². The predicted octanol–water partition coefficient (Wildman–Crippen LogP) is 3.06. The van der Waals surface area contributed by atoms with Gasteiger partial charge in [-0.1, -0.05) is 31.1 Å². The van der Waals surface area contributed by atoms with Gasteiger partial charge in [0.05, 0.1) is 6.54 Å². The molecule has 0 radical (unpaired) electrons. The summed E-state index contributed by atoms with van der Waals surface area (Å²) < 4.78 is 0. The van der Waals surface area contributed by atoms with E-state index >= 15 is 0 Å². The number of amides is 1. The van der Waals surface area contributed by atoms with E-state index in [1.807, 2.05) is 31.2 Å². The average Bonchev–Trinajstić information content (AvgIpc) is 3.12. The molecule has 130 valence electrons. The maximum Gasteiger partial charge on any atom is 0.227 e. The van der Waals surface area contributed by atoms with Crippen LogP contribution in [0.4, 0.5) is 5.69 Å². The molecule has 24 heavy (non-hydrogen) atoms. The standard InChI is InChI=1S/C19H28N4O/c1-3-12-21-19(20-4-2)22-14-15-8-7-11-17(13-15)23-18(24)16-9-5-6-10-16/h3,7-8,11,13,16H,1,4-6,9-10,12,14H2,2H3,(H,23,24)(H2,20,21,22). The fraction of sp³-hybridized carbons (Fsp3) is 0.474. The number of benzene rings is 1. The summed E-state index contributed by atoms with van der Waals surface area (Å²) in [6, 6.07) is 7.90. The van der Waals surface area contributed by atoms with Gasteiger partial charge in [-0.25, -0.2) is 4.99 Å². The second-order valence-electron chi connectivity index (χ2n) is 6.04. The van der Waals surface area contributed by atoms with Crippen molar-refractivity contribution >= 4 is 17.6 Å². The molecule has 0 saturated heterocycles. The molecule has 1 aromatic rings. The zero-order valence-electron chi connectivity index (χ0n) is 14.5. The summed E-state index contributed by atoms with van der Waals surface area (Å²) in [7, 11) is 0. The van der Waals surface area contributed by atoms with Gasteiger partial charge in [-0.05, 0) is 37.5 Å². The molecule has 0 spiro atoms. The molecular formula is C19H28N4O. The van der Waals surface area contributed by atoms with Gasteiger partial charge < -0.3 is 16.0 Å². The van der Waals surface area contributed by atoms with Crippen molar-refractivity contribution in [2.24, 2.45) is 10.9 Å². The Morgan fingerprint density at radius 1 is 1.33 bits per heavy atom. The third-order valence-corrected chi connectivity index (χ3v) is 4.10. The maximum atomic E-state index is 12.2. The van der Waals surface area contributed by atoms with E-state index in [4.69, 9.17) is 0 Å². The van der Waals surface area contributed by atoms with Crippen molar-refractivity contribution in [1.29, 1.82) is 0 Å². The maximum absolute atomic E-state index is 12.2. The Morgan fingerprint density at radius 3 is 2.83 bits per heavy atom. The third kappa shape index (κ3) is 5.72. The molecule has 1 aromatic carbocycles. The second-order valence-corrected chi connectivity index (χ2v) is 6.04. The second kappa shape index (κ2) is 9.75. The highest BCUT2D eigenvalue weighted by Gasteiger charge is 2.22. The first-order chi connectivity index (χ1) is 11.7. The van der Waals surface area contributed by atoms with Crippen molar-refractivity contribution in [3.63, 3.8) is 0 Å². The van der Waals surface area contributed by atoms with E-state index in [1.165, 1.54) is 0 Å². The Morgan fingerprint density at radius 2 is 2.12 bits per heavy atom. The summed E-state index contributed by atoms with van der Waals surface area (Å²) in [5.74, 6) is 1.09. The lowest BCUT2D eigenvalue weighted by Crippen LogP contribution is -2.37. The first-order valence-electron chi connectivity index (χ1n) is 8.75. The number of rotatable bonds is 7. The summed E-state index contributed by atoms with van der Waals surface area (Å²) >= 11 is 0. The largest absolute Gasteiger partial charge is 0.357 e. The van der Waals surface area contributed by atoms with Gasteiger partial charge >= 0.3 is 0 Å². The Hall–Kier alpha value is -2.30. The molecule has 0 aliphatic heterocycles. The van der Waals surface area contributed by atoms with Crippen LogP contribution >= 0.6 is 0 Å². The molecule has 0 heterocycles. The molecule has 2 rings (SSSR count). The lowest BCUT2D eigenvalue weighted by Gasteiger charge is -2.12. The van der Waals surface area contributed by atoms with Crippen LogP contribution in [-0.4, -0.2) is 25.0 Å². The summed E-state index contributed by atoms with van der Waals surface area (Å²) in [6.07, 6.45) is 6.15. The number of hydrogen-bond donors (Lipinski definition) is 3. The molecule has 1 amide bonds. The number of anilines is 1. The fourth-order valence-electron chi connectivity index (χ4n) is 2.86. The lowest BCUT2D eigenvalue weighted by molar-refractivity contribution is -0.119. The molecule has 0 atom stereocenters. The third-order valence-electron chi connectivity index (χ3n) is 4.10. The quantitative estimate of drug-likeness (QED) is 0.409. The van der Waals surface area contributed by atoms with Gasteiger partial charge in [-0.15, -0.1) is 6.58 Å². The minimum Gasteiger partial charge on any atom is -0.357 e. The van der Waals surface area contributed by atoms with E-state index < -0.39 is 0 Å². The molecule has 1 aliphatic carbocycles. The van der Waals surface area contributed by atoms with Gasteiger partial charge in [-0.3, -0.25) is 4.79 Å². The minimum atomic E-state index is 0.147. The van der Waals surface area contributed by atoms with Crippen LogP contribution in [0.1, 0.15) is 38.2 Å². The number of aliphatic imine (C=N–C) groups is 1. The van der Waals surface area contributed by atoms with E-state index in [0.29, 0.717) is 13.1 Å². The van der Waals surface area contributed by atoms with Crippen molar-refractivity contribution < 1.29 is 4.79 Å². The van der Waals surface area contributed by atoms with E-state index in [2.05, 4.69) is 27.5 Å². The monoisotopic (exact) mass is 328 g/mol. The Labute approximate surface area is 144 Å². The number of hydrogen-bond acceptors (Lipinski definition) is 2. The predicted molar refractivity (Wildman–Crippen MR) is 100 cm³/mol. The van der Waals surface area contributed by atoms with E-state index in [9.17, 15) is 4.79 Å². The number of carbonyl (C=O) groups is 1. The van der Waals surface area contributed by atoms with Gasteiger partial charge in [0.15, 0.2) is 5.96 Å². The normalized spacial score (nSPS) is 15.1. The molecular weight excluding hydrogens is 300 g/mol. The minimum absolute atomic E-state index is 0.147. The molecule has 1 aliphatic rings. The Kier molecular flexibility index (Phi) is 7.33. The number of nitrogens with one attached hydrogen (secondary N) is 3. The lowest BCUT2D eigenvalue weighted by atomic mass is 10.1. The van der Waals surface area contributed by atoms with Crippen molar-refractivity contribution in [3.05, 3.63) is 42.5 Å².